The third-order valence-electron chi connectivity index (χ3n) is 6.55. The van der Waals surface area contributed by atoms with E-state index in [2.05, 4.69) is 10.6 Å². The molecule has 0 heterocycles. The Labute approximate surface area is 226 Å². The van der Waals surface area contributed by atoms with Gasteiger partial charge in [-0.25, -0.2) is 4.39 Å². The highest BCUT2D eigenvalue weighted by atomic mass is 19.1. The van der Waals surface area contributed by atoms with Crippen molar-refractivity contribution >= 4 is 17.8 Å². The van der Waals surface area contributed by atoms with Gasteiger partial charge in [-0.2, -0.15) is 0 Å². The molecular weight excluding hydrogens is 503 g/mol. The SMILES string of the molecule is O=C(NCCNC(=O)c1ccc(OC2CCC(C(=O)O)CC2)cc1)c1ccc(OCc2cccc(F)c2)cc1. The zero-order valence-electron chi connectivity index (χ0n) is 21.4. The summed E-state index contributed by atoms with van der Waals surface area (Å²) in [7, 11) is 0. The van der Waals surface area contributed by atoms with Crippen LogP contribution in [0.1, 0.15) is 52.0 Å². The van der Waals surface area contributed by atoms with Crippen LogP contribution < -0.4 is 20.1 Å². The standard InChI is InChI=1S/C30H31FN2O6/c31-24-3-1-2-20(18-24)19-38-25-10-4-21(5-11-25)28(34)32-16-17-33-29(35)22-6-12-26(13-7-22)39-27-14-8-23(9-15-27)30(36)37/h1-7,10-13,18,23,27H,8-9,14-17,19H2,(H,32,34)(H,33,35)(H,36,37). The summed E-state index contributed by atoms with van der Waals surface area (Å²) < 4.78 is 24.8. The van der Waals surface area contributed by atoms with Gasteiger partial charge in [0.05, 0.1) is 12.0 Å². The van der Waals surface area contributed by atoms with Gasteiger partial charge in [0.2, 0.25) is 0 Å². The highest BCUT2D eigenvalue weighted by Crippen LogP contribution is 2.28. The van der Waals surface area contributed by atoms with E-state index < -0.39 is 5.97 Å². The molecule has 3 aromatic carbocycles. The number of hydrogen-bond donors (Lipinski definition) is 3. The van der Waals surface area contributed by atoms with Gasteiger partial charge < -0.3 is 25.2 Å². The van der Waals surface area contributed by atoms with Gasteiger partial charge in [0.25, 0.3) is 11.8 Å². The first kappa shape index (κ1) is 27.6. The van der Waals surface area contributed by atoms with Gasteiger partial charge in [-0.15, -0.1) is 0 Å². The summed E-state index contributed by atoms with van der Waals surface area (Å²) in [6, 6.07) is 19.6. The largest absolute Gasteiger partial charge is 0.490 e. The first-order valence-electron chi connectivity index (χ1n) is 12.9. The molecule has 1 aliphatic rings. The molecule has 0 radical (unpaired) electrons. The lowest BCUT2D eigenvalue weighted by molar-refractivity contribution is -0.143. The zero-order chi connectivity index (χ0) is 27.6. The fraction of sp³-hybridized carbons (Fsp3) is 0.300. The molecule has 3 N–H and O–H groups in total. The molecule has 0 unspecified atom stereocenters. The number of carbonyl (C=O) groups is 3. The maximum atomic E-state index is 13.3. The minimum Gasteiger partial charge on any atom is -0.490 e. The molecule has 0 bridgehead atoms. The molecule has 0 saturated heterocycles. The quantitative estimate of drug-likeness (QED) is 0.310. The van der Waals surface area contributed by atoms with Crippen LogP contribution in [0, 0.1) is 11.7 Å². The van der Waals surface area contributed by atoms with Crippen molar-refractivity contribution in [1.82, 2.24) is 10.6 Å². The van der Waals surface area contributed by atoms with Crippen LogP contribution in [0.3, 0.4) is 0 Å². The summed E-state index contributed by atoms with van der Waals surface area (Å²) in [6.07, 6.45) is 2.58. The van der Waals surface area contributed by atoms with Crippen molar-refractivity contribution < 1.29 is 33.4 Å². The molecular formula is C30H31FN2O6. The second-order valence-electron chi connectivity index (χ2n) is 9.41. The van der Waals surface area contributed by atoms with Gasteiger partial charge in [0.15, 0.2) is 0 Å². The van der Waals surface area contributed by atoms with Gasteiger partial charge >= 0.3 is 5.97 Å². The van der Waals surface area contributed by atoms with E-state index in [1.54, 1.807) is 60.7 Å². The number of nitrogens with one attached hydrogen (secondary N) is 2. The summed E-state index contributed by atoms with van der Waals surface area (Å²) in [6.45, 7) is 0.724. The third-order valence-corrected chi connectivity index (χ3v) is 6.55. The van der Waals surface area contributed by atoms with Crippen molar-refractivity contribution in [2.45, 2.75) is 38.4 Å². The molecule has 1 aliphatic carbocycles. The maximum Gasteiger partial charge on any atom is 0.306 e. The van der Waals surface area contributed by atoms with Crippen molar-refractivity contribution in [1.29, 1.82) is 0 Å². The van der Waals surface area contributed by atoms with Crippen molar-refractivity contribution in [3.05, 3.63) is 95.3 Å². The predicted molar refractivity (Wildman–Crippen MR) is 142 cm³/mol. The molecule has 204 valence electrons. The molecule has 1 saturated carbocycles. The maximum absolute atomic E-state index is 13.3. The normalized spacial score (nSPS) is 16.6. The summed E-state index contributed by atoms with van der Waals surface area (Å²) >= 11 is 0. The minimum absolute atomic E-state index is 0.0205. The first-order valence-corrected chi connectivity index (χ1v) is 12.9. The van der Waals surface area contributed by atoms with Crippen LogP contribution in [-0.4, -0.2) is 42.1 Å². The lowest BCUT2D eigenvalue weighted by Crippen LogP contribution is -2.34. The Morgan fingerprint density at radius 3 is 1.90 bits per heavy atom. The number of carboxylic acid groups (broad SMARTS) is 1. The average molecular weight is 535 g/mol. The van der Waals surface area contributed by atoms with Crippen molar-refractivity contribution in [3.8, 4) is 11.5 Å². The Kier molecular flexibility index (Phi) is 9.50. The molecule has 0 aliphatic heterocycles. The Hall–Kier alpha value is -4.40. The van der Waals surface area contributed by atoms with Crippen LogP contribution in [0.15, 0.2) is 72.8 Å². The molecule has 0 aromatic heterocycles. The molecule has 9 heteroatoms. The first-order chi connectivity index (χ1) is 18.9. The molecule has 1 fully saturated rings. The van der Waals surface area contributed by atoms with E-state index in [0.29, 0.717) is 53.9 Å². The van der Waals surface area contributed by atoms with Crippen LogP contribution in [-0.2, 0) is 11.4 Å². The van der Waals surface area contributed by atoms with E-state index in [9.17, 15) is 18.8 Å². The van der Waals surface area contributed by atoms with Crippen LogP contribution in [0.25, 0.3) is 0 Å². The minimum atomic E-state index is -0.747. The van der Waals surface area contributed by atoms with E-state index in [4.69, 9.17) is 14.6 Å². The number of rotatable bonds is 11. The number of carboxylic acids is 1. The Morgan fingerprint density at radius 2 is 1.36 bits per heavy atom. The molecule has 8 nitrogen and oxygen atoms in total. The van der Waals surface area contributed by atoms with E-state index in [0.717, 1.165) is 0 Å². The fourth-order valence-corrected chi connectivity index (χ4v) is 4.36. The van der Waals surface area contributed by atoms with Gasteiger partial charge in [-0.3, -0.25) is 14.4 Å². The number of aliphatic carboxylic acids is 1. The highest BCUT2D eigenvalue weighted by Gasteiger charge is 2.26. The van der Waals surface area contributed by atoms with E-state index in [1.165, 1.54) is 12.1 Å². The third kappa shape index (κ3) is 8.29. The Balaban J connectivity index is 1.14. The monoisotopic (exact) mass is 534 g/mol. The molecule has 4 rings (SSSR count). The van der Waals surface area contributed by atoms with E-state index in [1.807, 2.05) is 0 Å². The van der Waals surface area contributed by atoms with Crippen molar-refractivity contribution in [2.75, 3.05) is 13.1 Å². The summed E-state index contributed by atoms with van der Waals surface area (Å²) in [5.41, 5.74) is 1.63. The summed E-state index contributed by atoms with van der Waals surface area (Å²) in [5, 5.41) is 14.6. The van der Waals surface area contributed by atoms with Crippen molar-refractivity contribution in [2.24, 2.45) is 5.92 Å². The topological polar surface area (TPSA) is 114 Å². The van der Waals surface area contributed by atoms with Crippen molar-refractivity contribution in [3.63, 3.8) is 0 Å². The van der Waals surface area contributed by atoms with Crippen LogP contribution in [0.5, 0.6) is 11.5 Å². The molecule has 0 spiro atoms. The highest BCUT2D eigenvalue weighted by molar-refractivity contribution is 5.95. The Morgan fingerprint density at radius 1 is 0.795 bits per heavy atom. The number of halogens is 1. The lowest BCUT2D eigenvalue weighted by Gasteiger charge is -2.26. The summed E-state index contributed by atoms with van der Waals surface area (Å²) in [5.74, 6) is -0.704. The molecule has 2 amide bonds. The van der Waals surface area contributed by atoms with Gasteiger partial charge in [-0.05, 0) is 91.9 Å². The average Bonchev–Trinajstić information content (AvgIpc) is 2.95. The van der Waals surface area contributed by atoms with Gasteiger partial charge in [0, 0.05) is 24.2 Å². The van der Waals surface area contributed by atoms with E-state index in [-0.39, 0.29) is 49.3 Å². The lowest BCUT2D eigenvalue weighted by atomic mass is 9.87. The summed E-state index contributed by atoms with van der Waals surface area (Å²) in [4.78, 5) is 35.9. The molecule has 3 aromatic rings. The molecule has 0 atom stereocenters. The van der Waals surface area contributed by atoms with Gasteiger partial charge in [0.1, 0.15) is 23.9 Å². The number of benzene rings is 3. The second kappa shape index (κ2) is 13.4. The number of ether oxygens (including phenoxy) is 2. The predicted octanol–water partition coefficient (Wildman–Crippen LogP) is 4.59. The number of hydrogen-bond acceptors (Lipinski definition) is 5. The number of amides is 2. The fourth-order valence-electron chi connectivity index (χ4n) is 4.36. The van der Waals surface area contributed by atoms with E-state index >= 15 is 0 Å². The van der Waals surface area contributed by atoms with Crippen LogP contribution >= 0.6 is 0 Å². The second-order valence-corrected chi connectivity index (χ2v) is 9.41. The Bertz CT molecular complexity index is 1270. The molecule has 39 heavy (non-hydrogen) atoms. The smallest absolute Gasteiger partial charge is 0.306 e. The number of carbonyl (C=O) groups excluding carboxylic acids is 2. The zero-order valence-corrected chi connectivity index (χ0v) is 21.4. The van der Waals surface area contributed by atoms with Gasteiger partial charge in [-0.1, -0.05) is 12.1 Å². The van der Waals surface area contributed by atoms with Crippen LogP contribution in [0.2, 0.25) is 0 Å². The van der Waals surface area contributed by atoms with Crippen LogP contribution in [0.4, 0.5) is 4.39 Å².